The Kier molecular flexibility index (Phi) is 6.37. The number of rotatable bonds is 6. The Morgan fingerprint density at radius 1 is 1.11 bits per heavy atom. The number of anilines is 2. The molecule has 2 N–H and O–H groups in total. The molecule has 2 aromatic rings. The largest absolute Gasteiger partial charge is 0.495 e. The molecule has 2 aromatic carbocycles. The van der Waals surface area contributed by atoms with E-state index in [4.69, 9.17) is 9.47 Å². The average molecular weight is 383 g/mol. The van der Waals surface area contributed by atoms with E-state index in [2.05, 4.69) is 10.6 Å². The first-order chi connectivity index (χ1) is 13.6. The Hall–Kier alpha value is -3.22. The Morgan fingerprint density at radius 3 is 2.57 bits per heavy atom. The quantitative estimate of drug-likeness (QED) is 0.797. The number of methoxy groups -OCH3 is 1. The molecule has 0 aliphatic carbocycles. The molecule has 0 unspecified atom stereocenters. The lowest BCUT2D eigenvalue weighted by Crippen LogP contribution is -2.45. The maximum Gasteiger partial charge on any atom is 0.322 e. The first-order valence-corrected chi connectivity index (χ1v) is 9.36. The van der Waals surface area contributed by atoms with Crippen molar-refractivity contribution in [2.45, 2.75) is 25.8 Å². The second kappa shape index (κ2) is 9.12. The zero-order valence-corrected chi connectivity index (χ0v) is 16.1. The van der Waals surface area contributed by atoms with Crippen LogP contribution in [0.15, 0.2) is 48.5 Å². The second-order valence-electron chi connectivity index (χ2n) is 6.43. The number of hydrogen-bond acceptors (Lipinski definition) is 4. The van der Waals surface area contributed by atoms with Crippen molar-refractivity contribution in [3.63, 3.8) is 0 Å². The molecule has 1 heterocycles. The van der Waals surface area contributed by atoms with Gasteiger partial charge in [0.2, 0.25) is 5.91 Å². The topological polar surface area (TPSA) is 79.9 Å². The van der Waals surface area contributed by atoms with Gasteiger partial charge in [-0.05, 0) is 56.2 Å². The predicted molar refractivity (Wildman–Crippen MR) is 108 cm³/mol. The van der Waals surface area contributed by atoms with E-state index in [1.165, 1.54) is 0 Å². The summed E-state index contributed by atoms with van der Waals surface area (Å²) >= 11 is 0. The van der Waals surface area contributed by atoms with E-state index in [1.807, 2.05) is 19.1 Å². The Labute approximate surface area is 164 Å². The number of urea groups is 1. The highest BCUT2D eigenvalue weighted by Crippen LogP contribution is 2.26. The summed E-state index contributed by atoms with van der Waals surface area (Å²) in [7, 11) is 1.55. The summed E-state index contributed by atoms with van der Waals surface area (Å²) in [6, 6.07) is 13.6. The number of carbonyl (C=O) groups is 2. The van der Waals surface area contributed by atoms with E-state index in [0.717, 1.165) is 12.2 Å². The molecular formula is C21H25N3O4. The van der Waals surface area contributed by atoms with E-state index in [-0.39, 0.29) is 11.9 Å². The standard InChI is InChI=1S/C21H25N3O4/c1-3-28-16-12-10-15(11-13-16)22-20(25)18-8-6-14-24(18)21(26)23-17-7-4-5-9-19(17)27-2/h4-5,7,9-13,18H,3,6,8,14H2,1-2H3,(H,22,25)(H,23,26)/t18-/m1/s1. The van der Waals surface area contributed by atoms with Crippen molar-refractivity contribution in [2.75, 3.05) is 30.9 Å². The molecule has 0 bridgehead atoms. The summed E-state index contributed by atoms with van der Waals surface area (Å²) in [6.45, 7) is 3.03. The zero-order chi connectivity index (χ0) is 19.9. The molecule has 0 spiro atoms. The van der Waals surface area contributed by atoms with Crippen molar-refractivity contribution in [1.29, 1.82) is 0 Å². The molecule has 7 heteroatoms. The van der Waals surface area contributed by atoms with Crippen LogP contribution in [0.4, 0.5) is 16.2 Å². The summed E-state index contributed by atoms with van der Waals surface area (Å²) in [5, 5.41) is 5.72. The molecule has 1 saturated heterocycles. The number of carbonyl (C=O) groups excluding carboxylic acids is 2. The molecule has 0 saturated carbocycles. The first-order valence-electron chi connectivity index (χ1n) is 9.36. The first kappa shape index (κ1) is 19.5. The van der Waals surface area contributed by atoms with Crippen molar-refractivity contribution in [3.8, 4) is 11.5 Å². The summed E-state index contributed by atoms with van der Waals surface area (Å²) in [6.07, 6.45) is 1.41. The number of amides is 3. The molecule has 3 amide bonds. The van der Waals surface area contributed by atoms with Crippen LogP contribution in [0.25, 0.3) is 0 Å². The fourth-order valence-corrected chi connectivity index (χ4v) is 3.24. The van der Waals surface area contributed by atoms with E-state index in [1.54, 1.807) is 48.4 Å². The summed E-state index contributed by atoms with van der Waals surface area (Å²) in [5.41, 5.74) is 1.25. The number of para-hydroxylation sites is 2. The molecule has 1 atom stereocenters. The van der Waals surface area contributed by atoms with Crippen molar-refractivity contribution >= 4 is 23.3 Å². The third-order valence-electron chi connectivity index (χ3n) is 4.60. The number of benzene rings is 2. The van der Waals surface area contributed by atoms with Gasteiger partial charge < -0.3 is 25.0 Å². The monoisotopic (exact) mass is 383 g/mol. The van der Waals surface area contributed by atoms with Gasteiger partial charge >= 0.3 is 6.03 Å². The summed E-state index contributed by atoms with van der Waals surface area (Å²) < 4.78 is 10.7. The fraction of sp³-hybridized carbons (Fsp3) is 0.333. The second-order valence-corrected chi connectivity index (χ2v) is 6.43. The highest BCUT2D eigenvalue weighted by atomic mass is 16.5. The van der Waals surface area contributed by atoms with E-state index < -0.39 is 6.04 Å². The van der Waals surface area contributed by atoms with Crippen LogP contribution in [0.2, 0.25) is 0 Å². The number of likely N-dealkylation sites (tertiary alicyclic amines) is 1. The lowest BCUT2D eigenvalue weighted by molar-refractivity contribution is -0.119. The smallest absolute Gasteiger partial charge is 0.322 e. The third-order valence-corrected chi connectivity index (χ3v) is 4.60. The number of nitrogens with zero attached hydrogens (tertiary/aromatic N) is 1. The van der Waals surface area contributed by atoms with E-state index >= 15 is 0 Å². The lowest BCUT2D eigenvalue weighted by atomic mass is 10.2. The van der Waals surface area contributed by atoms with Crippen LogP contribution >= 0.6 is 0 Å². The van der Waals surface area contributed by atoms with Crippen molar-refractivity contribution < 1.29 is 19.1 Å². The highest BCUT2D eigenvalue weighted by Gasteiger charge is 2.34. The van der Waals surface area contributed by atoms with Crippen molar-refractivity contribution in [3.05, 3.63) is 48.5 Å². The van der Waals surface area contributed by atoms with Crippen LogP contribution in [0.5, 0.6) is 11.5 Å². The van der Waals surface area contributed by atoms with Gasteiger partial charge in [0.25, 0.3) is 0 Å². The molecular weight excluding hydrogens is 358 g/mol. The van der Waals surface area contributed by atoms with Gasteiger partial charge in [-0.1, -0.05) is 12.1 Å². The zero-order valence-electron chi connectivity index (χ0n) is 16.1. The molecule has 1 aliphatic rings. The summed E-state index contributed by atoms with van der Waals surface area (Å²) in [5.74, 6) is 1.13. The molecule has 0 radical (unpaired) electrons. The molecule has 1 fully saturated rings. The minimum atomic E-state index is -0.513. The number of ether oxygens (including phenoxy) is 2. The maximum atomic E-state index is 12.7. The van der Waals surface area contributed by atoms with Gasteiger partial charge in [0.1, 0.15) is 17.5 Å². The van der Waals surface area contributed by atoms with Crippen molar-refractivity contribution in [2.24, 2.45) is 0 Å². The van der Waals surface area contributed by atoms with Crippen LogP contribution in [0, 0.1) is 0 Å². The molecule has 28 heavy (non-hydrogen) atoms. The molecule has 1 aliphatic heterocycles. The van der Waals surface area contributed by atoms with Gasteiger partial charge in [0.05, 0.1) is 19.4 Å². The Morgan fingerprint density at radius 2 is 1.86 bits per heavy atom. The number of nitrogens with one attached hydrogen (secondary N) is 2. The van der Waals surface area contributed by atoms with Gasteiger partial charge in [0, 0.05) is 12.2 Å². The van der Waals surface area contributed by atoms with Crippen LogP contribution in [-0.4, -0.2) is 43.1 Å². The van der Waals surface area contributed by atoms with Gasteiger partial charge in [-0.15, -0.1) is 0 Å². The molecule has 3 rings (SSSR count). The maximum absolute atomic E-state index is 12.7. The van der Waals surface area contributed by atoms with Gasteiger partial charge in [-0.2, -0.15) is 0 Å². The van der Waals surface area contributed by atoms with Gasteiger partial charge in [-0.25, -0.2) is 4.79 Å². The highest BCUT2D eigenvalue weighted by molar-refractivity contribution is 6.00. The fourth-order valence-electron chi connectivity index (χ4n) is 3.24. The van der Waals surface area contributed by atoms with Crippen LogP contribution in [0.3, 0.4) is 0 Å². The van der Waals surface area contributed by atoms with Crippen LogP contribution in [-0.2, 0) is 4.79 Å². The van der Waals surface area contributed by atoms with E-state index in [0.29, 0.717) is 36.7 Å². The minimum Gasteiger partial charge on any atom is -0.495 e. The minimum absolute atomic E-state index is 0.197. The lowest BCUT2D eigenvalue weighted by Gasteiger charge is -2.24. The Balaban J connectivity index is 1.64. The summed E-state index contributed by atoms with van der Waals surface area (Å²) in [4.78, 5) is 27.0. The van der Waals surface area contributed by atoms with Crippen LogP contribution in [0.1, 0.15) is 19.8 Å². The predicted octanol–water partition coefficient (Wildman–Crippen LogP) is 3.73. The van der Waals surface area contributed by atoms with Gasteiger partial charge in [-0.3, -0.25) is 4.79 Å². The third kappa shape index (κ3) is 4.54. The Bertz CT molecular complexity index is 823. The van der Waals surface area contributed by atoms with Crippen LogP contribution < -0.4 is 20.1 Å². The average Bonchev–Trinajstić information content (AvgIpc) is 3.20. The van der Waals surface area contributed by atoms with Crippen molar-refractivity contribution in [1.82, 2.24) is 4.90 Å². The number of hydrogen-bond donors (Lipinski definition) is 2. The normalized spacial score (nSPS) is 15.8. The molecule has 7 nitrogen and oxygen atoms in total. The SMILES string of the molecule is CCOc1ccc(NC(=O)[C@H]2CCCN2C(=O)Nc2ccccc2OC)cc1. The molecule has 148 valence electrons. The van der Waals surface area contributed by atoms with Gasteiger partial charge in [0.15, 0.2) is 0 Å². The molecule has 0 aromatic heterocycles. The van der Waals surface area contributed by atoms with E-state index in [9.17, 15) is 9.59 Å².